The SMILES string of the molecule is CCOc1ccc(OCc2nc3c(C)ccnc3o2)cc1. The quantitative estimate of drug-likeness (QED) is 0.717. The molecule has 0 radical (unpaired) electrons. The van der Waals surface area contributed by atoms with E-state index in [0.717, 1.165) is 22.6 Å². The van der Waals surface area contributed by atoms with Crippen LogP contribution in [0.2, 0.25) is 0 Å². The maximum absolute atomic E-state index is 5.66. The van der Waals surface area contributed by atoms with Crippen LogP contribution in [0.3, 0.4) is 0 Å². The molecule has 0 spiro atoms. The maximum Gasteiger partial charge on any atom is 0.247 e. The van der Waals surface area contributed by atoms with Crippen LogP contribution in [0, 0.1) is 6.92 Å². The Balaban J connectivity index is 1.69. The van der Waals surface area contributed by atoms with Crippen molar-refractivity contribution in [3.63, 3.8) is 0 Å². The van der Waals surface area contributed by atoms with Crippen molar-refractivity contribution in [3.8, 4) is 11.5 Å². The number of fused-ring (bicyclic) bond motifs is 1. The zero-order valence-electron chi connectivity index (χ0n) is 12.0. The topological polar surface area (TPSA) is 57.4 Å². The van der Waals surface area contributed by atoms with Crippen LogP contribution < -0.4 is 9.47 Å². The van der Waals surface area contributed by atoms with E-state index in [1.54, 1.807) is 6.20 Å². The molecule has 108 valence electrons. The number of ether oxygens (including phenoxy) is 2. The highest BCUT2D eigenvalue weighted by atomic mass is 16.5. The summed E-state index contributed by atoms with van der Waals surface area (Å²) in [5.74, 6) is 2.08. The van der Waals surface area contributed by atoms with Crippen LogP contribution >= 0.6 is 0 Å². The van der Waals surface area contributed by atoms with Gasteiger partial charge in [-0.25, -0.2) is 9.97 Å². The molecule has 0 N–H and O–H groups in total. The lowest BCUT2D eigenvalue weighted by Gasteiger charge is -2.05. The molecule has 5 nitrogen and oxygen atoms in total. The highest BCUT2D eigenvalue weighted by Gasteiger charge is 2.09. The van der Waals surface area contributed by atoms with E-state index in [2.05, 4.69) is 9.97 Å². The number of aromatic nitrogens is 2. The molecule has 0 unspecified atom stereocenters. The summed E-state index contributed by atoms with van der Waals surface area (Å²) in [6.07, 6.45) is 1.71. The van der Waals surface area contributed by atoms with Gasteiger partial charge >= 0.3 is 0 Å². The van der Waals surface area contributed by atoms with Gasteiger partial charge in [-0.15, -0.1) is 0 Å². The summed E-state index contributed by atoms with van der Waals surface area (Å²) in [6, 6.07) is 9.36. The average molecular weight is 284 g/mol. The second-order valence-electron chi connectivity index (χ2n) is 4.58. The Labute approximate surface area is 122 Å². The number of hydrogen-bond donors (Lipinski definition) is 0. The zero-order chi connectivity index (χ0) is 14.7. The van der Waals surface area contributed by atoms with E-state index in [4.69, 9.17) is 13.9 Å². The molecule has 2 heterocycles. The predicted molar refractivity (Wildman–Crippen MR) is 78.5 cm³/mol. The maximum atomic E-state index is 5.66. The summed E-state index contributed by atoms with van der Waals surface area (Å²) >= 11 is 0. The largest absolute Gasteiger partial charge is 0.494 e. The number of aryl methyl sites for hydroxylation is 1. The van der Waals surface area contributed by atoms with Crippen LogP contribution in [-0.2, 0) is 6.61 Å². The summed E-state index contributed by atoms with van der Waals surface area (Å²) in [5.41, 5.74) is 2.36. The van der Waals surface area contributed by atoms with Gasteiger partial charge in [-0.2, -0.15) is 0 Å². The monoisotopic (exact) mass is 284 g/mol. The molecular formula is C16H16N2O3. The van der Waals surface area contributed by atoms with Gasteiger partial charge in [0.05, 0.1) is 6.61 Å². The second kappa shape index (κ2) is 5.83. The summed E-state index contributed by atoms with van der Waals surface area (Å²) in [7, 11) is 0. The van der Waals surface area contributed by atoms with Crippen molar-refractivity contribution in [2.75, 3.05) is 6.61 Å². The minimum absolute atomic E-state index is 0.268. The van der Waals surface area contributed by atoms with Crippen LogP contribution in [0.25, 0.3) is 11.2 Å². The molecule has 3 rings (SSSR count). The Bertz CT molecular complexity index is 735. The molecule has 3 aromatic rings. The van der Waals surface area contributed by atoms with E-state index >= 15 is 0 Å². The molecule has 5 heteroatoms. The van der Waals surface area contributed by atoms with E-state index in [9.17, 15) is 0 Å². The van der Waals surface area contributed by atoms with Crippen molar-refractivity contribution in [2.24, 2.45) is 0 Å². The average Bonchev–Trinajstić information content (AvgIpc) is 2.91. The number of hydrogen-bond acceptors (Lipinski definition) is 5. The summed E-state index contributed by atoms with van der Waals surface area (Å²) in [6.45, 7) is 4.84. The molecule has 21 heavy (non-hydrogen) atoms. The van der Waals surface area contributed by atoms with Gasteiger partial charge in [-0.05, 0) is 49.7 Å². The number of rotatable bonds is 5. The van der Waals surface area contributed by atoms with Gasteiger partial charge < -0.3 is 13.9 Å². The van der Waals surface area contributed by atoms with Crippen LogP contribution in [0.5, 0.6) is 11.5 Å². The molecule has 0 bridgehead atoms. The lowest BCUT2D eigenvalue weighted by molar-refractivity contribution is 0.266. The van der Waals surface area contributed by atoms with Crippen LogP contribution in [0.15, 0.2) is 40.9 Å². The molecule has 1 aromatic carbocycles. The Morgan fingerprint density at radius 3 is 2.43 bits per heavy atom. The Hall–Kier alpha value is -2.56. The first kappa shape index (κ1) is 13.4. The fourth-order valence-corrected chi connectivity index (χ4v) is 2.00. The minimum atomic E-state index is 0.268. The molecule has 0 amide bonds. The second-order valence-corrected chi connectivity index (χ2v) is 4.58. The summed E-state index contributed by atoms with van der Waals surface area (Å²) in [5, 5.41) is 0. The molecule has 0 saturated heterocycles. The van der Waals surface area contributed by atoms with E-state index < -0.39 is 0 Å². The smallest absolute Gasteiger partial charge is 0.247 e. The normalized spacial score (nSPS) is 10.8. The molecule has 0 aliphatic rings. The summed E-state index contributed by atoms with van der Waals surface area (Å²) in [4.78, 5) is 8.54. The first-order chi connectivity index (χ1) is 10.3. The lowest BCUT2D eigenvalue weighted by atomic mass is 10.3. The van der Waals surface area contributed by atoms with Gasteiger partial charge in [0.25, 0.3) is 0 Å². The van der Waals surface area contributed by atoms with Crippen molar-refractivity contribution >= 4 is 11.2 Å². The lowest BCUT2D eigenvalue weighted by Crippen LogP contribution is -1.96. The van der Waals surface area contributed by atoms with E-state index in [-0.39, 0.29) is 6.61 Å². The highest BCUT2D eigenvalue weighted by molar-refractivity contribution is 5.71. The van der Waals surface area contributed by atoms with E-state index in [0.29, 0.717) is 18.2 Å². The number of nitrogens with zero attached hydrogens (tertiary/aromatic N) is 2. The number of pyridine rings is 1. The zero-order valence-corrected chi connectivity index (χ0v) is 12.0. The molecule has 0 aliphatic heterocycles. The Kier molecular flexibility index (Phi) is 3.73. The number of benzene rings is 1. The fourth-order valence-electron chi connectivity index (χ4n) is 2.00. The van der Waals surface area contributed by atoms with Gasteiger partial charge in [0.2, 0.25) is 11.6 Å². The third kappa shape index (κ3) is 2.97. The molecule has 0 atom stereocenters. The number of oxazole rings is 1. The summed E-state index contributed by atoms with van der Waals surface area (Å²) < 4.78 is 16.6. The minimum Gasteiger partial charge on any atom is -0.494 e. The van der Waals surface area contributed by atoms with Crippen molar-refractivity contribution in [1.82, 2.24) is 9.97 Å². The van der Waals surface area contributed by atoms with Crippen molar-refractivity contribution in [2.45, 2.75) is 20.5 Å². The van der Waals surface area contributed by atoms with E-state index in [1.165, 1.54) is 0 Å². The predicted octanol–water partition coefficient (Wildman–Crippen LogP) is 3.51. The van der Waals surface area contributed by atoms with E-state index in [1.807, 2.05) is 44.2 Å². The van der Waals surface area contributed by atoms with Crippen molar-refractivity contribution in [1.29, 1.82) is 0 Å². The van der Waals surface area contributed by atoms with Gasteiger partial charge in [-0.1, -0.05) is 0 Å². The van der Waals surface area contributed by atoms with Gasteiger partial charge in [0.1, 0.15) is 17.0 Å². The van der Waals surface area contributed by atoms with Crippen LogP contribution in [0.4, 0.5) is 0 Å². The Morgan fingerprint density at radius 1 is 1.05 bits per heavy atom. The first-order valence-electron chi connectivity index (χ1n) is 6.83. The molecular weight excluding hydrogens is 268 g/mol. The van der Waals surface area contributed by atoms with Crippen LogP contribution in [0.1, 0.15) is 18.4 Å². The standard InChI is InChI=1S/C16H16N2O3/c1-3-19-12-4-6-13(7-5-12)20-10-14-18-15-11(2)8-9-17-16(15)21-14/h4-9H,3,10H2,1-2H3. The van der Waals surface area contributed by atoms with Crippen LogP contribution in [-0.4, -0.2) is 16.6 Å². The van der Waals surface area contributed by atoms with Gasteiger partial charge in [0.15, 0.2) is 6.61 Å². The van der Waals surface area contributed by atoms with Crippen molar-refractivity contribution in [3.05, 3.63) is 48.0 Å². The highest BCUT2D eigenvalue weighted by Crippen LogP contribution is 2.20. The van der Waals surface area contributed by atoms with Gasteiger partial charge in [0, 0.05) is 6.20 Å². The first-order valence-corrected chi connectivity index (χ1v) is 6.83. The fraction of sp³-hybridized carbons (Fsp3) is 0.250. The molecule has 0 saturated carbocycles. The molecule has 0 fully saturated rings. The third-order valence-corrected chi connectivity index (χ3v) is 3.04. The third-order valence-electron chi connectivity index (χ3n) is 3.04. The molecule has 0 aliphatic carbocycles. The van der Waals surface area contributed by atoms with Gasteiger partial charge in [-0.3, -0.25) is 0 Å². The Morgan fingerprint density at radius 2 is 1.76 bits per heavy atom. The van der Waals surface area contributed by atoms with Crippen molar-refractivity contribution < 1.29 is 13.9 Å². The molecule has 2 aromatic heterocycles.